The fraction of sp³-hybridized carbons (Fsp3) is 0.318. The van der Waals surface area contributed by atoms with Crippen molar-refractivity contribution in [1.29, 1.82) is 0 Å². The van der Waals surface area contributed by atoms with Crippen LogP contribution in [0.25, 0.3) is 11.4 Å². The molecule has 3 heterocycles. The Morgan fingerprint density at radius 1 is 1.13 bits per heavy atom. The van der Waals surface area contributed by atoms with E-state index in [1.165, 1.54) is 12.4 Å². The predicted octanol–water partition coefficient (Wildman–Crippen LogP) is 3.80. The van der Waals surface area contributed by atoms with Crippen LogP contribution in [-0.4, -0.2) is 38.5 Å². The zero-order valence-corrected chi connectivity index (χ0v) is 16.7. The Kier molecular flexibility index (Phi) is 6.12. The van der Waals surface area contributed by atoms with Crippen molar-refractivity contribution in [3.05, 3.63) is 54.7 Å². The molecule has 8 heteroatoms. The van der Waals surface area contributed by atoms with Gasteiger partial charge in [-0.2, -0.15) is 0 Å². The van der Waals surface area contributed by atoms with Crippen LogP contribution in [-0.2, 0) is 0 Å². The molecule has 0 aliphatic heterocycles. The summed E-state index contributed by atoms with van der Waals surface area (Å²) in [5.74, 6) is 1.72. The normalized spacial score (nSPS) is 13.8. The number of carbonyl (C=O) groups is 1. The van der Waals surface area contributed by atoms with Crippen molar-refractivity contribution >= 4 is 5.91 Å². The average molecular weight is 405 g/mol. The van der Waals surface area contributed by atoms with E-state index in [9.17, 15) is 4.79 Å². The highest BCUT2D eigenvalue weighted by atomic mass is 16.5. The molecule has 3 aromatic heterocycles. The van der Waals surface area contributed by atoms with Crippen molar-refractivity contribution in [1.82, 2.24) is 25.3 Å². The Hall–Kier alpha value is -3.55. The second-order valence-corrected chi connectivity index (χ2v) is 7.00. The Morgan fingerprint density at radius 3 is 2.70 bits per heavy atom. The van der Waals surface area contributed by atoms with E-state index in [-0.39, 0.29) is 11.9 Å². The van der Waals surface area contributed by atoms with Crippen LogP contribution in [0.1, 0.15) is 43.0 Å². The summed E-state index contributed by atoms with van der Waals surface area (Å²) in [7, 11) is 0. The molecule has 1 aliphatic rings. The van der Waals surface area contributed by atoms with Crippen LogP contribution >= 0.6 is 0 Å². The monoisotopic (exact) mass is 405 g/mol. The first-order valence-electron chi connectivity index (χ1n) is 10.1. The lowest BCUT2D eigenvalue weighted by molar-refractivity contribution is 0.0937. The van der Waals surface area contributed by atoms with Gasteiger partial charge in [0.05, 0.1) is 18.4 Å². The first-order chi connectivity index (χ1) is 14.7. The topological polar surface area (TPSA) is 99.1 Å². The molecule has 1 saturated carbocycles. The van der Waals surface area contributed by atoms with E-state index in [1.54, 1.807) is 36.8 Å². The van der Waals surface area contributed by atoms with E-state index in [2.05, 4.69) is 25.3 Å². The molecule has 0 radical (unpaired) electrons. The molecule has 3 aromatic rings. The number of nitrogens with zero attached hydrogens (tertiary/aromatic N) is 4. The minimum absolute atomic E-state index is 0.137. The van der Waals surface area contributed by atoms with E-state index in [1.807, 2.05) is 6.92 Å². The lowest BCUT2D eigenvalue weighted by atomic mass is 10.2. The van der Waals surface area contributed by atoms with Gasteiger partial charge in [0.15, 0.2) is 11.6 Å². The third-order valence-electron chi connectivity index (χ3n) is 4.83. The largest absolute Gasteiger partial charge is 0.488 e. The molecule has 1 aliphatic carbocycles. The summed E-state index contributed by atoms with van der Waals surface area (Å²) >= 11 is 0. The van der Waals surface area contributed by atoms with Crippen molar-refractivity contribution in [2.45, 2.75) is 38.6 Å². The molecule has 30 heavy (non-hydrogen) atoms. The Labute approximate surface area is 174 Å². The van der Waals surface area contributed by atoms with E-state index >= 15 is 0 Å². The number of hydrogen-bond donors (Lipinski definition) is 1. The number of amides is 1. The molecule has 4 rings (SSSR count). The summed E-state index contributed by atoms with van der Waals surface area (Å²) in [6.07, 6.45) is 12.3. The van der Waals surface area contributed by atoms with Gasteiger partial charge in [-0.1, -0.05) is 12.8 Å². The molecule has 0 spiro atoms. The molecule has 1 N–H and O–H groups in total. The van der Waals surface area contributed by atoms with Gasteiger partial charge in [0.2, 0.25) is 0 Å². The van der Waals surface area contributed by atoms with Crippen molar-refractivity contribution in [3.63, 3.8) is 0 Å². The van der Waals surface area contributed by atoms with Gasteiger partial charge in [0, 0.05) is 36.4 Å². The van der Waals surface area contributed by atoms with Gasteiger partial charge >= 0.3 is 0 Å². The minimum atomic E-state index is -0.137. The lowest BCUT2D eigenvalue weighted by Gasteiger charge is -2.12. The SMILES string of the molecule is CCOc1cccnc1Oc1cncc(-c2ncc(C(=O)NC3CCCC3)cn2)c1. The van der Waals surface area contributed by atoms with Gasteiger partial charge in [-0.25, -0.2) is 15.0 Å². The standard InChI is InChI=1S/C22H23N5O3/c1-2-29-19-8-5-9-24-22(19)30-18-10-15(11-23-14-18)20-25-12-16(13-26-20)21(28)27-17-6-3-4-7-17/h5,8-14,17H,2-4,6-7H2,1H3,(H,27,28). The van der Waals surface area contributed by atoms with Gasteiger partial charge < -0.3 is 14.8 Å². The highest BCUT2D eigenvalue weighted by Crippen LogP contribution is 2.30. The third kappa shape index (κ3) is 4.71. The van der Waals surface area contributed by atoms with E-state index in [4.69, 9.17) is 9.47 Å². The number of carbonyl (C=O) groups excluding carboxylic acids is 1. The zero-order chi connectivity index (χ0) is 20.8. The smallest absolute Gasteiger partial charge is 0.262 e. The number of aromatic nitrogens is 4. The quantitative estimate of drug-likeness (QED) is 0.638. The summed E-state index contributed by atoms with van der Waals surface area (Å²) in [6, 6.07) is 5.60. The molecule has 0 bridgehead atoms. The van der Waals surface area contributed by atoms with Gasteiger partial charge in [0.1, 0.15) is 5.75 Å². The molecule has 0 aromatic carbocycles. The van der Waals surface area contributed by atoms with Gasteiger partial charge in [0.25, 0.3) is 11.8 Å². The van der Waals surface area contributed by atoms with Crippen LogP contribution in [0, 0.1) is 0 Å². The van der Waals surface area contributed by atoms with Crippen molar-refractivity contribution in [2.24, 2.45) is 0 Å². The first kappa shape index (κ1) is 19.8. The maximum Gasteiger partial charge on any atom is 0.262 e. The molecular formula is C22H23N5O3. The highest BCUT2D eigenvalue weighted by molar-refractivity contribution is 5.93. The number of pyridine rings is 2. The maximum atomic E-state index is 12.3. The van der Waals surface area contributed by atoms with Crippen LogP contribution in [0.4, 0.5) is 0 Å². The van der Waals surface area contributed by atoms with Gasteiger partial charge in [-0.05, 0) is 38.0 Å². The van der Waals surface area contributed by atoms with E-state index in [0.717, 1.165) is 25.7 Å². The van der Waals surface area contributed by atoms with Crippen LogP contribution in [0.3, 0.4) is 0 Å². The second-order valence-electron chi connectivity index (χ2n) is 7.00. The summed E-state index contributed by atoms with van der Waals surface area (Å²) in [5.41, 5.74) is 1.12. The number of ether oxygens (including phenoxy) is 2. The fourth-order valence-electron chi connectivity index (χ4n) is 3.36. The van der Waals surface area contributed by atoms with Crippen LogP contribution < -0.4 is 14.8 Å². The molecular weight excluding hydrogens is 382 g/mol. The van der Waals surface area contributed by atoms with Crippen LogP contribution in [0.15, 0.2) is 49.2 Å². The fourth-order valence-corrected chi connectivity index (χ4v) is 3.36. The minimum Gasteiger partial charge on any atom is -0.488 e. The Bertz CT molecular complexity index is 1000. The summed E-state index contributed by atoms with van der Waals surface area (Å²) < 4.78 is 11.4. The molecule has 0 unspecified atom stereocenters. The number of rotatable bonds is 7. The molecule has 154 valence electrons. The first-order valence-corrected chi connectivity index (χ1v) is 10.1. The predicted molar refractivity (Wildman–Crippen MR) is 110 cm³/mol. The van der Waals surface area contributed by atoms with E-state index < -0.39 is 0 Å². The zero-order valence-electron chi connectivity index (χ0n) is 16.7. The molecule has 1 fully saturated rings. The van der Waals surface area contributed by atoms with Crippen molar-refractivity contribution in [3.8, 4) is 28.8 Å². The molecule has 0 atom stereocenters. The van der Waals surface area contributed by atoms with Gasteiger partial charge in [-0.15, -0.1) is 0 Å². The van der Waals surface area contributed by atoms with Crippen molar-refractivity contribution < 1.29 is 14.3 Å². The Morgan fingerprint density at radius 2 is 1.93 bits per heavy atom. The number of nitrogens with one attached hydrogen (secondary N) is 1. The van der Waals surface area contributed by atoms with Crippen LogP contribution in [0.5, 0.6) is 17.4 Å². The van der Waals surface area contributed by atoms with Crippen molar-refractivity contribution in [2.75, 3.05) is 6.61 Å². The Balaban J connectivity index is 1.48. The maximum absolute atomic E-state index is 12.3. The second kappa shape index (κ2) is 9.30. The number of hydrogen-bond acceptors (Lipinski definition) is 7. The third-order valence-corrected chi connectivity index (χ3v) is 4.83. The summed E-state index contributed by atoms with van der Waals surface area (Å²) in [4.78, 5) is 29.4. The average Bonchev–Trinajstić information content (AvgIpc) is 3.29. The molecule has 0 saturated heterocycles. The van der Waals surface area contributed by atoms with Gasteiger partial charge in [-0.3, -0.25) is 9.78 Å². The highest BCUT2D eigenvalue weighted by Gasteiger charge is 2.18. The summed E-state index contributed by atoms with van der Waals surface area (Å²) in [5, 5.41) is 3.04. The summed E-state index contributed by atoms with van der Waals surface area (Å²) in [6.45, 7) is 2.41. The molecule has 1 amide bonds. The van der Waals surface area contributed by atoms with Crippen LogP contribution in [0.2, 0.25) is 0 Å². The lowest BCUT2D eigenvalue weighted by Crippen LogP contribution is -2.32. The molecule has 8 nitrogen and oxygen atoms in total. The van der Waals surface area contributed by atoms with E-state index in [0.29, 0.717) is 40.9 Å².